The van der Waals surface area contributed by atoms with Gasteiger partial charge in [0.2, 0.25) is 0 Å². The molecule has 3 heteroatoms. The molecule has 3 fully saturated rings. The van der Waals surface area contributed by atoms with E-state index < -0.39 is 0 Å². The van der Waals surface area contributed by atoms with Crippen molar-refractivity contribution >= 4 is 12.8 Å². The largest absolute Gasteiger partial charge is 0.393 e. The van der Waals surface area contributed by atoms with E-state index in [2.05, 4.69) is 52.2 Å². The van der Waals surface area contributed by atoms with Crippen LogP contribution in [0.25, 0.3) is 0 Å². The van der Waals surface area contributed by atoms with Gasteiger partial charge in [-0.2, -0.15) is 0 Å². The van der Waals surface area contributed by atoms with Crippen LogP contribution in [0.2, 0.25) is 0 Å². The van der Waals surface area contributed by atoms with E-state index in [9.17, 15) is 5.11 Å². The summed E-state index contributed by atoms with van der Waals surface area (Å²) in [7, 11) is 0. The molecule has 9 atom stereocenters. The topological polar surface area (TPSA) is 32.3 Å². The molecule has 3 aliphatic rings. The summed E-state index contributed by atoms with van der Waals surface area (Å²) in [5.74, 6) is 3.89. The molecule has 0 spiro atoms. The maximum absolute atomic E-state index is 10.3. The minimum Gasteiger partial charge on any atom is -0.393 e. The molecule has 0 aromatic heterocycles. The third kappa shape index (κ3) is 4.12. The van der Waals surface area contributed by atoms with Gasteiger partial charge >= 0.3 is 0 Å². The Kier molecular flexibility index (Phi) is 6.96. The lowest BCUT2D eigenvalue weighted by molar-refractivity contribution is -0.0448. The zero-order valence-electron chi connectivity index (χ0n) is 18.5. The van der Waals surface area contributed by atoms with Crippen molar-refractivity contribution in [3.8, 4) is 0 Å². The van der Waals surface area contributed by atoms with Crippen LogP contribution in [0.4, 0.5) is 0 Å². The number of rotatable bonds is 6. The number of aliphatic hydroxyl groups excluding tert-OH is 1. The summed E-state index contributed by atoms with van der Waals surface area (Å²) >= 11 is 4.41. The Hall–Kier alpha value is 0.270. The molecule has 0 bridgehead atoms. The molecular weight excluding hydrogens is 350 g/mol. The fourth-order valence-electron chi connectivity index (χ4n) is 8.16. The lowest BCUT2D eigenvalue weighted by atomic mass is 9.51. The van der Waals surface area contributed by atoms with Crippen LogP contribution in [-0.4, -0.2) is 17.3 Å². The Balaban J connectivity index is 1.78. The summed E-state index contributed by atoms with van der Waals surface area (Å²) in [6.45, 7) is 12.4. The van der Waals surface area contributed by atoms with E-state index >= 15 is 0 Å². The molecular formula is C24H45NOS. The van der Waals surface area contributed by atoms with E-state index in [0.29, 0.717) is 16.9 Å². The Morgan fingerprint density at radius 2 is 1.89 bits per heavy atom. The van der Waals surface area contributed by atoms with Gasteiger partial charge < -0.3 is 5.11 Å². The van der Waals surface area contributed by atoms with Gasteiger partial charge in [-0.1, -0.05) is 53.4 Å². The van der Waals surface area contributed by atoms with Gasteiger partial charge in [0.25, 0.3) is 0 Å². The molecule has 0 aromatic carbocycles. The molecule has 2 N–H and O–H groups in total. The molecule has 0 radical (unpaired) electrons. The number of fused-ring (bicyclic) bond motifs is 1. The molecule has 0 amide bonds. The molecule has 0 heterocycles. The quantitative estimate of drug-likeness (QED) is 0.465. The zero-order chi connectivity index (χ0) is 19.8. The average Bonchev–Trinajstić information content (AvgIpc) is 3.00. The molecule has 0 saturated heterocycles. The van der Waals surface area contributed by atoms with Gasteiger partial charge in [-0.15, -0.1) is 0 Å². The van der Waals surface area contributed by atoms with E-state index in [0.717, 1.165) is 42.4 Å². The van der Waals surface area contributed by atoms with E-state index in [-0.39, 0.29) is 6.10 Å². The third-order valence-electron chi connectivity index (χ3n) is 9.61. The second-order valence-corrected chi connectivity index (χ2v) is 11.4. The molecule has 27 heavy (non-hydrogen) atoms. The Labute approximate surface area is 174 Å². The molecule has 3 saturated carbocycles. The smallest absolute Gasteiger partial charge is 0.0543 e. The van der Waals surface area contributed by atoms with Crippen LogP contribution in [0, 0.1) is 40.4 Å². The van der Waals surface area contributed by atoms with Gasteiger partial charge in [-0.05, 0) is 98.7 Å². The highest BCUT2D eigenvalue weighted by atomic mass is 32.1. The standard InChI is InChI=1S/C24H45NOS/c1-6-18(20-14-19(26)9-8-16(20)2)15-23(4)12-7-13-24(5)21(17(3)25-27)10-11-22(23)24/h16-22,25-27H,6-15H2,1-5H3/t16?,17-,18-,19+,20?,21?,22?,23?,24?/m0/s1. The summed E-state index contributed by atoms with van der Waals surface area (Å²) in [5.41, 5.74) is 0.943. The molecule has 3 aliphatic carbocycles. The predicted molar refractivity (Wildman–Crippen MR) is 119 cm³/mol. The van der Waals surface area contributed by atoms with Gasteiger partial charge in [0.15, 0.2) is 0 Å². The molecule has 2 nitrogen and oxygen atoms in total. The van der Waals surface area contributed by atoms with Crippen LogP contribution in [-0.2, 0) is 0 Å². The number of hydrogen-bond acceptors (Lipinski definition) is 3. The summed E-state index contributed by atoms with van der Waals surface area (Å²) in [6, 6.07) is 0.501. The first-order chi connectivity index (χ1) is 12.7. The summed E-state index contributed by atoms with van der Waals surface area (Å²) in [4.78, 5) is 0. The third-order valence-corrected chi connectivity index (χ3v) is 10.0. The second-order valence-electron chi connectivity index (χ2n) is 11.1. The lowest BCUT2D eigenvalue weighted by Crippen LogP contribution is -2.48. The maximum Gasteiger partial charge on any atom is 0.0543 e. The first-order valence-corrected chi connectivity index (χ1v) is 12.3. The predicted octanol–water partition coefficient (Wildman–Crippen LogP) is 6.25. The first-order valence-electron chi connectivity index (χ1n) is 11.8. The molecule has 0 aliphatic heterocycles. The van der Waals surface area contributed by atoms with Crippen molar-refractivity contribution in [3.63, 3.8) is 0 Å². The van der Waals surface area contributed by atoms with Crippen molar-refractivity contribution in [1.29, 1.82) is 0 Å². The van der Waals surface area contributed by atoms with Gasteiger partial charge in [0, 0.05) is 6.04 Å². The van der Waals surface area contributed by atoms with Crippen molar-refractivity contribution < 1.29 is 5.11 Å². The second kappa shape index (κ2) is 8.56. The minimum absolute atomic E-state index is 0.0529. The monoisotopic (exact) mass is 395 g/mol. The van der Waals surface area contributed by atoms with Crippen LogP contribution < -0.4 is 4.72 Å². The first kappa shape index (κ1) is 22.0. The highest BCUT2D eigenvalue weighted by Crippen LogP contribution is 2.64. The van der Waals surface area contributed by atoms with Gasteiger partial charge in [0.1, 0.15) is 0 Å². The average molecular weight is 396 g/mol. The van der Waals surface area contributed by atoms with E-state index in [4.69, 9.17) is 0 Å². The van der Waals surface area contributed by atoms with Gasteiger partial charge in [-0.25, -0.2) is 0 Å². The van der Waals surface area contributed by atoms with Crippen molar-refractivity contribution in [2.24, 2.45) is 40.4 Å². The highest BCUT2D eigenvalue weighted by molar-refractivity contribution is 7.78. The summed E-state index contributed by atoms with van der Waals surface area (Å²) < 4.78 is 3.27. The van der Waals surface area contributed by atoms with Gasteiger partial charge in [-0.3, -0.25) is 4.72 Å². The van der Waals surface area contributed by atoms with Crippen molar-refractivity contribution in [2.75, 3.05) is 0 Å². The number of nitrogens with one attached hydrogen (secondary N) is 1. The zero-order valence-corrected chi connectivity index (χ0v) is 19.4. The fourth-order valence-corrected chi connectivity index (χ4v) is 8.34. The normalized spacial score (nSPS) is 47.4. The van der Waals surface area contributed by atoms with Crippen molar-refractivity contribution in [3.05, 3.63) is 0 Å². The lowest BCUT2D eigenvalue weighted by Gasteiger charge is -2.54. The number of thiol groups is 1. The molecule has 3 rings (SSSR count). The minimum atomic E-state index is -0.0529. The Morgan fingerprint density at radius 1 is 1.15 bits per heavy atom. The van der Waals surface area contributed by atoms with E-state index in [1.54, 1.807) is 0 Å². The van der Waals surface area contributed by atoms with E-state index in [1.165, 1.54) is 51.4 Å². The Bertz CT molecular complexity index is 499. The summed E-state index contributed by atoms with van der Waals surface area (Å²) in [6.07, 6.45) is 12.8. The maximum atomic E-state index is 10.3. The molecule has 0 aromatic rings. The fraction of sp³-hybridized carbons (Fsp3) is 1.00. The van der Waals surface area contributed by atoms with Crippen LogP contribution in [0.3, 0.4) is 0 Å². The molecule has 158 valence electrons. The Morgan fingerprint density at radius 3 is 2.56 bits per heavy atom. The highest BCUT2D eigenvalue weighted by Gasteiger charge is 2.57. The van der Waals surface area contributed by atoms with Crippen LogP contribution >= 0.6 is 12.8 Å². The SMILES string of the molecule is CC[C@@H](CC1(C)CCCC2(C)C([C@H](C)NS)CCC12)C1C[C@H](O)CCC1C. The summed E-state index contributed by atoms with van der Waals surface area (Å²) in [5, 5.41) is 10.3. The van der Waals surface area contributed by atoms with E-state index in [1.807, 2.05) is 0 Å². The number of hydrogen-bond donors (Lipinski definition) is 3. The van der Waals surface area contributed by atoms with Crippen LogP contribution in [0.5, 0.6) is 0 Å². The van der Waals surface area contributed by atoms with Crippen molar-refractivity contribution in [2.45, 2.75) is 111 Å². The van der Waals surface area contributed by atoms with Crippen molar-refractivity contribution in [1.82, 2.24) is 4.72 Å². The van der Waals surface area contributed by atoms with Crippen LogP contribution in [0.15, 0.2) is 0 Å². The molecule has 6 unspecified atom stereocenters. The van der Waals surface area contributed by atoms with Crippen LogP contribution in [0.1, 0.15) is 98.8 Å². The number of aliphatic hydroxyl groups is 1. The van der Waals surface area contributed by atoms with Gasteiger partial charge in [0.05, 0.1) is 6.10 Å².